The molecule has 0 saturated heterocycles. The Morgan fingerprint density at radius 1 is 1.30 bits per heavy atom. The molecule has 3 rings (SSSR count). The Morgan fingerprint density at radius 2 is 2.09 bits per heavy atom. The highest BCUT2D eigenvalue weighted by Gasteiger charge is 2.19. The van der Waals surface area contributed by atoms with Gasteiger partial charge in [-0.15, -0.1) is 5.10 Å². The summed E-state index contributed by atoms with van der Waals surface area (Å²) in [6, 6.07) is 7.37. The van der Waals surface area contributed by atoms with Crippen LogP contribution in [-0.4, -0.2) is 32.6 Å². The first-order chi connectivity index (χ1) is 11.0. The second kappa shape index (κ2) is 5.96. The molecule has 2 heterocycles. The number of carbonyl (C=O) groups is 1. The number of esters is 1. The molecule has 0 saturated carbocycles. The standard InChI is InChI=1S/C16H15ClN4O2/c1-4-23-16(22)15-10(3)21(20-19-15)14-7-9(2)18-13-8-11(17)5-6-12(13)14/h5-8H,4H2,1-3H3. The van der Waals surface area contributed by atoms with Crippen LogP contribution in [-0.2, 0) is 4.74 Å². The Labute approximate surface area is 138 Å². The van der Waals surface area contributed by atoms with Gasteiger partial charge in [0.2, 0.25) is 0 Å². The molecule has 7 heteroatoms. The zero-order valence-electron chi connectivity index (χ0n) is 13.0. The van der Waals surface area contributed by atoms with E-state index in [1.54, 1.807) is 30.7 Å². The van der Waals surface area contributed by atoms with Crippen LogP contribution in [0.3, 0.4) is 0 Å². The van der Waals surface area contributed by atoms with Crippen LogP contribution in [0.1, 0.15) is 28.8 Å². The molecule has 0 N–H and O–H groups in total. The molecular formula is C16H15ClN4O2. The van der Waals surface area contributed by atoms with E-state index in [9.17, 15) is 4.79 Å². The van der Waals surface area contributed by atoms with E-state index < -0.39 is 5.97 Å². The average molecular weight is 331 g/mol. The predicted octanol–water partition coefficient (Wildman–Crippen LogP) is 3.26. The number of ether oxygens (including phenoxy) is 1. The van der Waals surface area contributed by atoms with Crippen molar-refractivity contribution in [3.8, 4) is 5.69 Å². The first kappa shape index (κ1) is 15.4. The van der Waals surface area contributed by atoms with Crippen molar-refractivity contribution in [2.45, 2.75) is 20.8 Å². The maximum Gasteiger partial charge on any atom is 0.360 e. The average Bonchev–Trinajstić information content (AvgIpc) is 2.87. The summed E-state index contributed by atoms with van der Waals surface area (Å²) in [6.07, 6.45) is 0. The Hall–Kier alpha value is -2.47. The van der Waals surface area contributed by atoms with Gasteiger partial charge in [0.25, 0.3) is 0 Å². The monoisotopic (exact) mass is 330 g/mol. The van der Waals surface area contributed by atoms with Gasteiger partial charge < -0.3 is 4.74 Å². The van der Waals surface area contributed by atoms with Crippen LogP contribution in [0, 0.1) is 13.8 Å². The third kappa shape index (κ3) is 2.77. The number of pyridine rings is 1. The van der Waals surface area contributed by atoms with Crippen molar-refractivity contribution < 1.29 is 9.53 Å². The SMILES string of the molecule is CCOC(=O)c1nnn(-c2cc(C)nc3cc(Cl)ccc23)c1C. The van der Waals surface area contributed by atoms with Crippen LogP contribution in [0.4, 0.5) is 0 Å². The van der Waals surface area contributed by atoms with Gasteiger partial charge in [-0.25, -0.2) is 9.48 Å². The number of halogens is 1. The minimum atomic E-state index is -0.477. The number of carbonyl (C=O) groups excluding carboxylic acids is 1. The number of fused-ring (bicyclic) bond motifs is 1. The molecule has 0 atom stereocenters. The molecule has 1 aromatic carbocycles. The number of benzene rings is 1. The van der Waals surface area contributed by atoms with Gasteiger partial charge in [-0.05, 0) is 45.0 Å². The smallest absolute Gasteiger partial charge is 0.360 e. The van der Waals surface area contributed by atoms with Gasteiger partial charge in [-0.2, -0.15) is 0 Å². The first-order valence-corrected chi connectivity index (χ1v) is 7.55. The van der Waals surface area contributed by atoms with Crippen molar-refractivity contribution in [1.82, 2.24) is 20.0 Å². The topological polar surface area (TPSA) is 69.9 Å². The molecule has 0 amide bonds. The summed E-state index contributed by atoms with van der Waals surface area (Å²) < 4.78 is 6.62. The van der Waals surface area contributed by atoms with Crippen molar-refractivity contribution in [2.24, 2.45) is 0 Å². The largest absolute Gasteiger partial charge is 0.461 e. The van der Waals surface area contributed by atoms with Crippen LogP contribution in [0.25, 0.3) is 16.6 Å². The molecular weight excluding hydrogens is 316 g/mol. The van der Waals surface area contributed by atoms with Crippen LogP contribution < -0.4 is 0 Å². The number of hydrogen-bond donors (Lipinski definition) is 0. The minimum Gasteiger partial charge on any atom is -0.461 e. The first-order valence-electron chi connectivity index (χ1n) is 7.18. The summed E-state index contributed by atoms with van der Waals surface area (Å²) in [6.45, 7) is 5.72. The maximum absolute atomic E-state index is 11.9. The van der Waals surface area contributed by atoms with Gasteiger partial charge in [-0.3, -0.25) is 4.98 Å². The quantitative estimate of drug-likeness (QED) is 0.689. The molecule has 0 bridgehead atoms. The fourth-order valence-corrected chi connectivity index (χ4v) is 2.60. The summed E-state index contributed by atoms with van der Waals surface area (Å²) in [5.74, 6) is -0.477. The summed E-state index contributed by atoms with van der Waals surface area (Å²) in [7, 11) is 0. The van der Waals surface area contributed by atoms with Crippen LogP contribution in [0.5, 0.6) is 0 Å². The van der Waals surface area contributed by atoms with E-state index in [1.165, 1.54) is 0 Å². The molecule has 0 radical (unpaired) electrons. The molecule has 23 heavy (non-hydrogen) atoms. The Bertz CT molecular complexity index is 899. The lowest BCUT2D eigenvalue weighted by Gasteiger charge is -2.09. The lowest BCUT2D eigenvalue weighted by atomic mass is 10.1. The zero-order valence-corrected chi connectivity index (χ0v) is 13.8. The molecule has 0 aliphatic carbocycles. The third-order valence-corrected chi connectivity index (χ3v) is 3.70. The summed E-state index contributed by atoms with van der Waals surface area (Å²) in [5, 5.41) is 9.56. The number of hydrogen-bond acceptors (Lipinski definition) is 5. The Balaban J connectivity index is 2.19. The van der Waals surface area contributed by atoms with Gasteiger partial charge >= 0.3 is 5.97 Å². The van der Waals surface area contributed by atoms with Crippen molar-refractivity contribution in [1.29, 1.82) is 0 Å². The van der Waals surface area contributed by atoms with Crippen molar-refractivity contribution in [3.05, 3.63) is 46.4 Å². The highest BCUT2D eigenvalue weighted by molar-refractivity contribution is 6.31. The second-order valence-corrected chi connectivity index (χ2v) is 5.54. The lowest BCUT2D eigenvalue weighted by molar-refractivity contribution is 0.0518. The number of nitrogens with zero attached hydrogens (tertiary/aromatic N) is 4. The molecule has 0 unspecified atom stereocenters. The molecule has 0 aliphatic rings. The second-order valence-electron chi connectivity index (χ2n) is 5.10. The number of aromatic nitrogens is 4. The van der Waals surface area contributed by atoms with Gasteiger partial charge in [0.05, 0.1) is 23.5 Å². The Kier molecular flexibility index (Phi) is 4.00. The van der Waals surface area contributed by atoms with E-state index in [0.29, 0.717) is 17.3 Å². The highest BCUT2D eigenvalue weighted by atomic mass is 35.5. The van der Waals surface area contributed by atoms with Crippen LogP contribution in [0.2, 0.25) is 5.02 Å². The van der Waals surface area contributed by atoms with E-state index in [0.717, 1.165) is 22.3 Å². The molecule has 0 spiro atoms. The summed E-state index contributed by atoms with van der Waals surface area (Å²) in [4.78, 5) is 16.4. The van der Waals surface area contributed by atoms with Gasteiger partial charge in [0, 0.05) is 16.1 Å². The van der Waals surface area contributed by atoms with E-state index in [4.69, 9.17) is 16.3 Å². The van der Waals surface area contributed by atoms with Crippen LogP contribution in [0.15, 0.2) is 24.3 Å². The highest BCUT2D eigenvalue weighted by Crippen LogP contribution is 2.25. The minimum absolute atomic E-state index is 0.212. The summed E-state index contributed by atoms with van der Waals surface area (Å²) in [5.41, 5.74) is 3.21. The normalized spacial score (nSPS) is 11.0. The molecule has 2 aromatic heterocycles. The molecule has 3 aromatic rings. The van der Waals surface area contributed by atoms with Gasteiger partial charge in [0.1, 0.15) is 0 Å². The van der Waals surface area contributed by atoms with E-state index in [1.807, 2.05) is 19.1 Å². The zero-order chi connectivity index (χ0) is 16.6. The van der Waals surface area contributed by atoms with E-state index in [-0.39, 0.29) is 5.69 Å². The van der Waals surface area contributed by atoms with Crippen molar-refractivity contribution >= 4 is 28.5 Å². The fourth-order valence-electron chi connectivity index (χ4n) is 2.43. The van der Waals surface area contributed by atoms with E-state index >= 15 is 0 Å². The van der Waals surface area contributed by atoms with Crippen molar-refractivity contribution in [2.75, 3.05) is 6.61 Å². The molecule has 0 aliphatic heterocycles. The Morgan fingerprint density at radius 3 is 2.83 bits per heavy atom. The van der Waals surface area contributed by atoms with Gasteiger partial charge in [-0.1, -0.05) is 16.8 Å². The van der Waals surface area contributed by atoms with Gasteiger partial charge in [0.15, 0.2) is 5.69 Å². The molecule has 6 nitrogen and oxygen atoms in total. The molecule has 0 fully saturated rings. The molecule has 118 valence electrons. The third-order valence-electron chi connectivity index (χ3n) is 3.47. The lowest BCUT2D eigenvalue weighted by Crippen LogP contribution is -2.08. The van der Waals surface area contributed by atoms with Crippen LogP contribution >= 0.6 is 11.6 Å². The maximum atomic E-state index is 11.9. The number of rotatable bonds is 3. The predicted molar refractivity (Wildman–Crippen MR) is 87.1 cm³/mol. The summed E-state index contributed by atoms with van der Waals surface area (Å²) >= 11 is 6.05. The van der Waals surface area contributed by atoms with Crippen molar-refractivity contribution in [3.63, 3.8) is 0 Å². The fraction of sp³-hybridized carbons (Fsp3) is 0.250. The number of aryl methyl sites for hydroxylation is 1. The van der Waals surface area contributed by atoms with E-state index in [2.05, 4.69) is 15.3 Å².